The van der Waals surface area contributed by atoms with Crippen LogP contribution in [0.15, 0.2) is 24.3 Å². The molecule has 0 aliphatic rings. The second kappa shape index (κ2) is 3.80. The van der Waals surface area contributed by atoms with Crippen LogP contribution in [0.1, 0.15) is 29.8 Å². The third kappa shape index (κ3) is 2.12. The second-order valence-corrected chi connectivity index (χ2v) is 3.97. The molecule has 0 aliphatic heterocycles. The summed E-state index contributed by atoms with van der Waals surface area (Å²) in [7, 11) is 0. The molecule has 0 heterocycles. The predicted octanol–water partition coefficient (Wildman–Crippen LogP) is 1.62. The Bertz CT molecular complexity index is 328. The van der Waals surface area contributed by atoms with Crippen molar-refractivity contribution in [2.24, 2.45) is 5.73 Å². The maximum Gasteiger partial charge on any atom is 0.335 e. The zero-order chi connectivity index (χ0) is 10.8. The predicted molar refractivity (Wildman–Crippen MR) is 55.5 cm³/mol. The minimum atomic E-state index is -0.901. The van der Waals surface area contributed by atoms with Crippen molar-refractivity contribution in [3.8, 4) is 0 Å². The van der Waals surface area contributed by atoms with E-state index in [0.29, 0.717) is 12.1 Å². The average molecular weight is 193 g/mol. The van der Waals surface area contributed by atoms with Gasteiger partial charge in [0.15, 0.2) is 0 Å². The summed E-state index contributed by atoms with van der Waals surface area (Å²) in [6.07, 6.45) is 0. The molecule has 0 radical (unpaired) electrons. The summed E-state index contributed by atoms with van der Waals surface area (Å²) in [5.41, 5.74) is 6.89. The Balaban J connectivity index is 2.99. The van der Waals surface area contributed by atoms with Crippen LogP contribution in [-0.4, -0.2) is 17.6 Å². The van der Waals surface area contributed by atoms with Crippen LogP contribution in [0.2, 0.25) is 0 Å². The lowest BCUT2D eigenvalue weighted by Gasteiger charge is -2.22. The van der Waals surface area contributed by atoms with Crippen molar-refractivity contribution >= 4 is 5.97 Å². The molecule has 0 aromatic heterocycles. The Morgan fingerprint density at radius 3 is 2.21 bits per heavy atom. The summed E-state index contributed by atoms with van der Waals surface area (Å²) in [4.78, 5) is 10.6. The van der Waals surface area contributed by atoms with E-state index >= 15 is 0 Å². The molecule has 1 aromatic carbocycles. The van der Waals surface area contributed by atoms with Crippen LogP contribution in [0.25, 0.3) is 0 Å². The van der Waals surface area contributed by atoms with Crippen LogP contribution in [0.5, 0.6) is 0 Å². The van der Waals surface area contributed by atoms with E-state index in [2.05, 4.69) is 0 Å². The van der Waals surface area contributed by atoms with E-state index in [-0.39, 0.29) is 5.41 Å². The fourth-order valence-corrected chi connectivity index (χ4v) is 1.18. The zero-order valence-corrected chi connectivity index (χ0v) is 8.45. The average Bonchev–Trinajstić information content (AvgIpc) is 2.18. The number of nitrogens with two attached hydrogens (primary N) is 1. The lowest BCUT2D eigenvalue weighted by Crippen LogP contribution is -2.28. The molecule has 0 saturated heterocycles. The van der Waals surface area contributed by atoms with E-state index in [1.807, 2.05) is 26.0 Å². The van der Waals surface area contributed by atoms with Crippen LogP contribution in [0, 0.1) is 0 Å². The summed E-state index contributed by atoms with van der Waals surface area (Å²) >= 11 is 0. The Labute approximate surface area is 83.6 Å². The molecular formula is C11H15NO2. The molecule has 0 amide bonds. The second-order valence-electron chi connectivity index (χ2n) is 3.97. The van der Waals surface area contributed by atoms with E-state index in [0.717, 1.165) is 5.56 Å². The molecule has 3 nitrogen and oxygen atoms in total. The fraction of sp³-hybridized carbons (Fsp3) is 0.364. The van der Waals surface area contributed by atoms with E-state index in [4.69, 9.17) is 10.8 Å². The lowest BCUT2D eigenvalue weighted by atomic mass is 9.84. The summed E-state index contributed by atoms with van der Waals surface area (Å²) in [5.74, 6) is -0.901. The first-order valence-corrected chi connectivity index (χ1v) is 4.51. The first kappa shape index (κ1) is 10.7. The number of hydrogen-bond donors (Lipinski definition) is 2. The molecule has 3 heteroatoms. The van der Waals surface area contributed by atoms with Crippen LogP contribution in [-0.2, 0) is 5.41 Å². The third-order valence-electron chi connectivity index (χ3n) is 2.42. The van der Waals surface area contributed by atoms with Gasteiger partial charge in [-0.15, -0.1) is 0 Å². The molecule has 0 fully saturated rings. The molecular weight excluding hydrogens is 178 g/mol. The number of benzene rings is 1. The van der Waals surface area contributed by atoms with Gasteiger partial charge in [0.25, 0.3) is 0 Å². The lowest BCUT2D eigenvalue weighted by molar-refractivity contribution is 0.0697. The first-order valence-electron chi connectivity index (χ1n) is 4.51. The Hall–Kier alpha value is -1.35. The summed E-state index contributed by atoms with van der Waals surface area (Å²) in [5, 5.41) is 8.71. The molecule has 0 saturated carbocycles. The van der Waals surface area contributed by atoms with E-state index < -0.39 is 5.97 Å². The molecule has 1 rings (SSSR count). The van der Waals surface area contributed by atoms with Crippen molar-refractivity contribution in [2.45, 2.75) is 19.3 Å². The SMILES string of the molecule is CC(C)(CN)c1ccc(C(=O)O)cc1. The smallest absolute Gasteiger partial charge is 0.335 e. The van der Waals surface area contributed by atoms with E-state index in [9.17, 15) is 4.79 Å². The maximum atomic E-state index is 10.6. The molecule has 0 aliphatic carbocycles. The van der Waals surface area contributed by atoms with Crippen molar-refractivity contribution in [3.63, 3.8) is 0 Å². The monoisotopic (exact) mass is 193 g/mol. The van der Waals surface area contributed by atoms with Gasteiger partial charge < -0.3 is 10.8 Å². The standard InChI is InChI=1S/C11H15NO2/c1-11(2,7-12)9-5-3-8(4-6-9)10(13)14/h3-6H,7,12H2,1-2H3,(H,13,14). The Morgan fingerprint density at radius 1 is 1.36 bits per heavy atom. The normalized spacial score (nSPS) is 11.4. The molecule has 3 N–H and O–H groups in total. The highest BCUT2D eigenvalue weighted by Crippen LogP contribution is 2.21. The van der Waals surface area contributed by atoms with Gasteiger partial charge in [-0.3, -0.25) is 0 Å². The summed E-state index contributed by atoms with van der Waals surface area (Å²) < 4.78 is 0. The van der Waals surface area contributed by atoms with Crippen LogP contribution in [0.4, 0.5) is 0 Å². The number of hydrogen-bond acceptors (Lipinski definition) is 2. The molecule has 76 valence electrons. The third-order valence-corrected chi connectivity index (χ3v) is 2.42. The molecule has 14 heavy (non-hydrogen) atoms. The van der Waals surface area contributed by atoms with Gasteiger partial charge in [-0.2, -0.15) is 0 Å². The van der Waals surface area contributed by atoms with Gasteiger partial charge in [-0.05, 0) is 17.7 Å². The van der Waals surface area contributed by atoms with Gasteiger partial charge in [-0.25, -0.2) is 4.79 Å². The first-order chi connectivity index (χ1) is 6.47. The highest BCUT2D eigenvalue weighted by atomic mass is 16.4. The summed E-state index contributed by atoms with van der Waals surface area (Å²) in [6, 6.07) is 6.84. The van der Waals surface area contributed by atoms with Crippen LogP contribution < -0.4 is 5.73 Å². The largest absolute Gasteiger partial charge is 0.478 e. The number of rotatable bonds is 3. The van der Waals surface area contributed by atoms with Gasteiger partial charge >= 0.3 is 5.97 Å². The topological polar surface area (TPSA) is 63.3 Å². The molecule has 1 aromatic rings. The highest BCUT2D eigenvalue weighted by Gasteiger charge is 2.18. The Kier molecular flexibility index (Phi) is 2.91. The molecule has 0 bridgehead atoms. The number of aromatic carboxylic acids is 1. The summed E-state index contributed by atoms with van der Waals surface area (Å²) in [6.45, 7) is 4.60. The number of carboxylic acid groups (broad SMARTS) is 1. The van der Waals surface area contributed by atoms with E-state index in [1.165, 1.54) is 0 Å². The molecule has 0 atom stereocenters. The van der Waals surface area contributed by atoms with Gasteiger partial charge in [0.1, 0.15) is 0 Å². The van der Waals surface area contributed by atoms with Crippen LogP contribution in [0.3, 0.4) is 0 Å². The van der Waals surface area contributed by atoms with Gasteiger partial charge in [0.2, 0.25) is 0 Å². The van der Waals surface area contributed by atoms with Gasteiger partial charge in [0, 0.05) is 12.0 Å². The van der Waals surface area contributed by atoms with Crippen molar-refractivity contribution < 1.29 is 9.90 Å². The number of carbonyl (C=O) groups is 1. The van der Waals surface area contributed by atoms with Gasteiger partial charge in [0.05, 0.1) is 5.56 Å². The van der Waals surface area contributed by atoms with Crippen molar-refractivity contribution in [3.05, 3.63) is 35.4 Å². The number of carboxylic acids is 1. The minimum absolute atomic E-state index is 0.100. The van der Waals surface area contributed by atoms with E-state index in [1.54, 1.807) is 12.1 Å². The minimum Gasteiger partial charge on any atom is -0.478 e. The molecule has 0 spiro atoms. The van der Waals surface area contributed by atoms with Crippen LogP contribution >= 0.6 is 0 Å². The maximum absolute atomic E-state index is 10.6. The zero-order valence-electron chi connectivity index (χ0n) is 8.45. The highest BCUT2D eigenvalue weighted by molar-refractivity contribution is 5.87. The molecule has 0 unspecified atom stereocenters. The van der Waals surface area contributed by atoms with Gasteiger partial charge in [-0.1, -0.05) is 26.0 Å². The van der Waals surface area contributed by atoms with Crippen molar-refractivity contribution in [2.75, 3.05) is 6.54 Å². The fourth-order valence-electron chi connectivity index (χ4n) is 1.18. The quantitative estimate of drug-likeness (QED) is 0.766. The Morgan fingerprint density at radius 2 is 1.86 bits per heavy atom. The van der Waals surface area contributed by atoms with Crippen molar-refractivity contribution in [1.82, 2.24) is 0 Å². The van der Waals surface area contributed by atoms with Crippen molar-refractivity contribution in [1.29, 1.82) is 0 Å².